The number of nitrogens with zero attached hydrogens (tertiary/aromatic N) is 6. The van der Waals surface area contributed by atoms with E-state index in [0.29, 0.717) is 18.7 Å². The summed E-state index contributed by atoms with van der Waals surface area (Å²) in [5.74, 6) is 2.01. The van der Waals surface area contributed by atoms with Gasteiger partial charge in [0.25, 0.3) is 0 Å². The van der Waals surface area contributed by atoms with E-state index in [1.807, 2.05) is 0 Å². The van der Waals surface area contributed by atoms with Gasteiger partial charge in [-0.2, -0.15) is 5.10 Å². The molecule has 0 atom stereocenters. The van der Waals surface area contributed by atoms with E-state index in [4.69, 9.17) is 0 Å². The van der Waals surface area contributed by atoms with E-state index in [1.165, 1.54) is 19.0 Å². The van der Waals surface area contributed by atoms with Gasteiger partial charge in [0.1, 0.15) is 23.5 Å². The van der Waals surface area contributed by atoms with Gasteiger partial charge in [0.05, 0.1) is 4.92 Å². The van der Waals surface area contributed by atoms with Crippen molar-refractivity contribution in [3.05, 3.63) is 33.7 Å². The van der Waals surface area contributed by atoms with Gasteiger partial charge in [-0.05, 0) is 19.8 Å². The Labute approximate surface area is 121 Å². The van der Waals surface area contributed by atoms with Crippen molar-refractivity contribution >= 4 is 5.69 Å². The van der Waals surface area contributed by atoms with E-state index >= 15 is 0 Å². The summed E-state index contributed by atoms with van der Waals surface area (Å²) < 4.78 is 3.81. The van der Waals surface area contributed by atoms with Gasteiger partial charge in [-0.3, -0.25) is 14.8 Å². The molecule has 8 nitrogen and oxygen atoms in total. The molecule has 0 radical (unpaired) electrons. The summed E-state index contributed by atoms with van der Waals surface area (Å²) in [4.78, 5) is 10.4. The number of fused-ring (bicyclic) bond motifs is 1. The molecule has 0 fully saturated rings. The molecule has 21 heavy (non-hydrogen) atoms. The van der Waals surface area contributed by atoms with E-state index in [2.05, 4.69) is 19.9 Å². The van der Waals surface area contributed by atoms with Gasteiger partial charge in [0, 0.05) is 25.9 Å². The van der Waals surface area contributed by atoms with Gasteiger partial charge in [0.2, 0.25) is 0 Å². The fourth-order valence-electron chi connectivity index (χ4n) is 2.75. The van der Waals surface area contributed by atoms with Crippen molar-refractivity contribution in [3.8, 4) is 0 Å². The molecule has 0 aromatic carbocycles. The predicted octanol–water partition coefficient (Wildman–Crippen LogP) is 1.66. The Morgan fingerprint density at radius 1 is 1.33 bits per heavy atom. The molecule has 0 saturated carbocycles. The summed E-state index contributed by atoms with van der Waals surface area (Å²) in [7, 11) is 0. The summed E-state index contributed by atoms with van der Waals surface area (Å²) in [6, 6.07) is 0. The highest BCUT2D eigenvalue weighted by molar-refractivity contribution is 5.30. The highest BCUT2D eigenvalue weighted by Gasteiger charge is 2.17. The third-order valence-electron chi connectivity index (χ3n) is 3.87. The lowest BCUT2D eigenvalue weighted by atomic mass is 10.2. The van der Waals surface area contributed by atoms with Crippen molar-refractivity contribution in [2.24, 2.45) is 0 Å². The molecule has 0 aliphatic carbocycles. The first-order valence-corrected chi connectivity index (χ1v) is 7.24. The van der Waals surface area contributed by atoms with Crippen LogP contribution in [0.25, 0.3) is 0 Å². The molecule has 0 unspecified atom stereocenters. The molecule has 8 heteroatoms. The second-order valence-corrected chi connectivity index (χ2v) is 5.36. The minimum absolute atomic E-state index is 0.0649. The zero-order valence-corrected chi connectivity index (χ0v) is 12.0. The highest BCUT2D eigenvalue weighted by Crippen LogP contribution is 2.17. The van der Waals surface area contributed by atoms with Crippen LogP contribution in [0.3, 0.4) is 0 Å². The maximum atomic E-state index is 10.8. The molecule has 0 spiro atoms. The average molecular weight is 290 g/mol. The Morgan fingerprint density at radius 2 is 2.19 bits per heavy atom. The van der Waals surface area contributed by atoms with Crippen LogP contribution in [0.1, 0.15) is 36.6 Å². The molecule has 1 aliphatic heterocycles. The van der Waals surface area contributed by atoms with Crippen molar-refractivity contribution in [3.63, 3.8) is 0 Å². The van der Waals surface area contributed by atoms with Crippen LogP contribution in [-0.4, -0.2) is 29.5 Å². The van der Waals surface area contributed by atoms with E-state index in [1.54, 1.807) is 11.6 Å². The maximum Gasteiger partial charge on any atom is 0.309 e. The van der Waals surface area contributed by atoms with Gasteiger partial charge in [0.15, 0.2) is 0 Å². The fraction of sp³-hybridized carbons (Fsp3) is 0.615. The van der Waals surface area contributed by atoms with Crippen molar-refractivity contribution < 1.29 is 4.92 Å². The minimum Gasteiger partial charge on any atom is -0.315 e. The number of aromatic nitrogens is 5. The van der Waals surface area contributed by atoms with Crippen LogP contribution in [0.4, 0.5) is 5.69 Å². The van der Waals surface area contributed by atoms with Gasteiger partial charge in [-0.1, -0.05) is 6.42 Å². The molecule has 2 aromatic rings. The summed E-state index contributed by atoms with van der Waals surface area (Å²) in [5.41, 5.74) is 0.509. The molecule has 0 N–H and O–H groups in total. The lowest BCUT2D eigenvalue weighted by molar-refractivity contribution is -0.385. The van der Waals surface area contributed by atoms with E-state index in [9.17, 15) is 10.1 Å². The number of nitro groups is 1. The Morgan fingerprint density at radius 3 is 2.95 bits per heavy atom. The Balaban J connectivity index is 1.72. The number of hydrogen-bond donors (Lipinski definition) is 0. The summed E-state index contributed by atoms with van der Waals surface area (Å²) in [6.07, 6.45) is 6.71. The largest absolute Gasteiger partial charge is 0.315 e. The number of hydrogen-bond acceptors (Lipinski definition) is 5. The third kappa shape index (κ3) is 2.79. The van der Waals surface area contributed by atoms with Crippen LogP contribution in [0.5, 0.6) is 0 Å². The summed E-state index contributed by atoms with van der Waals surface area (Å²) >= 11 is 0. The predicted molar refractivity (Wildman–Crippen MR) is 74.9 cm³/mol. The molecule has 0 bridgehead atoms. The lowest BCUT2D eigenvalue weighted by Crippen LogP contribution is -2.10. The first kappa shape index (κ1) is 13.7. The zero-order valence-electron chi connectivity index (χ0n) is 12.0. The van der Waals surface area contributed by atoms with Crippen LogP contribution in [-0.2, 0) is 25.9 Å². The van der Waals surface area contributed by atoms with Crippen molar-refractivity contribution in [1.29, 1.82) is 0 Å². The van der Waals surface area contributed by atoms with E-state index < -0.39 is 4.92 Å². The van der Waals surface area contributed by atoms with Crippen LogP contribution >= 0.6 is 0 Å². The Hall–Kier alpha value is -2.25. The summed E-state index contributed by atoms with van der Waals surface area (Å²) in [5, 5.41) is 23.5. The fourth-order valence-corrected chi connectivity index (χ4v) is 2.75. The third-order valence-corrected chi connectivity index (χ3v) is 3.87. The zero-order chi connectivity index (χ0) is 14.8. The van der Waals surface area contributed by atoms with Gasteiger partial charge >= 0.3 is 5.69 Å². The second kappa shape index (κ2) is 5.63. The van der Waals surface area contributed by atoms with E-state index in [-0.39, 0.29) is 5.69 Å². The van der Waals surface area contributed by atoms with Crippen molar-refractivity contribution in [1.82, 2.24) is 24.5 Å². The molecule has 3 heterocycles. The van der Waals surface area contributed by atoms with Crippen LogP contribution in [0.15, 0.2) is 6.20 Å². The van der Waals surface area contributed by atoms with Gasteiger partial charge in [-0.15, -0.1) is 10.2 Å². The number of aryl methyl sites for hydroxylation is 4. The monoisotopic (exact) mass is 290 g/mol. The lowest BCUT2D eigenvalue weighted by Gasteiger charge is -2.06. The maximum absolute atomic E-state index is 10.8. The molecule has 2 aromatic heterocycles. The molecular weight excluding hydrogens is 272 g/mol. The first-order valence-electron chi connectivity index (χ1n) is 7.24. The minimum atomic E-state index is -0.401. The van der Waals surface area contributed by atoms with Crippen molar-refractivity contribution in [2.45, 2.75) is 52.1 Å². The average Bonchev–Trinajstić information content (AvgIpc) is 2.92. The Kier molecular flexibility index (Phi) is 3.68. The summed E-state index contributed by atoms with van der Waals surface area (Å²) in [6.45, 7) is 3.19. The normalized spacial score (nSPS) is 14.7. The van der Waals surface area contributed by atoms with Gasteiger partial charge in [-0.25, -0.2) is 0 Å². The Bertz CT molecular complexity index is 660. The van der Waals surface area contributed by atoms with Crippen LogP contribution in [0.2, 0.25) is 0 Å². The van der Waals surface area contributed by atoms with Crippen LogP contribution < -0.4 is 0 Å². The topological polar surface area (TPSA) is 91.7 Å². The molecule has 1 aliphatic rings. The first-order chi connectivity index (χ1) is 10.1. The molecule has 0 saturated heterocycles. The van der Waals surface area contributed by atoms with Crippen molar-refractivity contribution in [2.75, 3.05) is 0 Å². The van der Waals surface area contributed by atoms with Gasteiger partial charge < -0.3 is 4.57 Å². The highest BCUT2D eigenvalue weighted by atomic mass is 16.6. The molecule has 3 rings (SSSR count). The van der Waals surface area contributed by atoms with Crippen LogP contribution in [0, 0.1) is 17.0 Å². The quantitative estimate of drug-likeness (QED) is 0.630. The molecule has 0 amide bonds. The smallest absolute Gasteiger partial charge is 0.309 e. The standard InChI is InChI=1S/C13H18N6O2/c1-10-11(19(20)21)9-17(16-10)8-6-13-15-14-12-5-3-2-4-7-18(12)13/h9H,2-8H2,1H3. The SMILES string of the molecule is Cc1nn(CCc2nnc3n2CCCCC3)cc1[N+](=O)[O-]. The van der Waals surface area contributed by atoms with E-state index in [0.717, 1.165) is 31.0 Å². The molecule has 112 valence electrons. The number of rotatable bonds is 4. The second-order valence-electron chi connectivity index (χ2n) is 5.36. The molecular formula is C13H18N6O2.